The van der Waals surface area contributed by atoms with Crippen LogP contribution in [0.15, 0.2) is 24.5 Å². The lowest BCUT2D eigenvalue weighted by atomic mass is 10.3. The third-order valence-corrected chi connectivity index (χ3v) is 1.34. The first-order chi connectivity index (χ1) is 6.29. The number of primary amides is 1. The van der Waals surface area contributed by atoms with E-state index in [1.165, 1.54) is 0 Å². The van der Waals surface area contributed by atoms with Crippen LogP contribution < -0.4 is 11.2 Å². The predicted molar refractivity (Wildman–Crippen MR) is 46.2 cm³/mol. The van der Waals surface area contributed by atoms with Gasteiger partial charge in [-0.2, -0.15) is 5.48 Å². The summed E-state index contributed by atoms with van der Waals surface area (Å²) < 4.78 is 0. The van der Waals surface area contributed by atoms with Gasteiger partial charge in [-0.15, -0.1) is 0 Å². The highest BCUT2D eigenvalue weighted by molar-refractivity contribution is 5.74. The molecule has 1 aromatic rings. The van der Waals surface area contributed by atoms with Gasteiger partial charge in [0.1, 0.15) is 6.61 Å². The molecule has 1 amide bonds. The van der Waals surface area contributed by atoms with Crippen LogP contribution >= 0.6 is 0 Å². The zero-order chi connectivity index (χ0) is 9.52. The molecular formula is C8H11N3O2. The fourth-order valence-corrected chi connectivity index (χ4v) is 0.757. The molecule has 0 aliphatic heterocycles. The predicted octanol–water partition coefficient (Wildman–Crippen LogP) is -0.412. The largest absolute Gasteiger partial charge is 0.368 e. The van der Waals surface area contributed by atoms with Crippen molar-refractivity contribution in [2.45, 2.75) is 6.54 Å². The van der Waals surface area contributed by atoms with E-state index in [-0.39, 0.29) is 6.61 Å². The maximum Gasteiger partial charge on any atom is 0.245 e. The van der Waals surface area contributed by atoms with Crippen LogP contribution in [-0.4, -0.2) is 17.5 Å². The minimum Gasteiger partial charge on any atom is -0.368 e. The second-order valence-electron chi connectivity index (χ2n) is 2.43. The molecule has 0 unspecified atom stereocenters. The zero-order valence-corrected chi connectivity index (χ0v) is 7.06. The molecule has 0 bridgehead atoms. The van der Waals surface area contributed by atoms with E-state index in [9.17, 15) is 4.79 Å². The number of hydrogen-bond acceptors (Lipinski definition) is 4. The summed E-state index contributed by atoms with van der Waals surface area (Å²) in [4.78, 5) is 18.9. The molecule has 5 heteroatoms. The molecule has 1 heterocycles. The molecule has 70 valence electrons. The number of carbonyl (C=O) groups is 1. The maximum atomic E-state index is 10.3. The van der Waals surface area contributed by atoms with Crippen molar-refractivity contribution in [3.05, 3.63) is 30.1 Å². The number of nitrogens with two attached hydrogens (primary N) is 1. The molecule has 0 aliphatic carbocycles. The van der Waals surface area contributed by atoms with Crippen molar-refractivity contribution >= 4 is 5.91 Å². The van der Waals surface area contributed by atoms with E-state index in [0.29, 0.717) is 6.54 Å². The first kappa shape index (κ1) is 9.63. The highest BCUT2D eigenvalue weighted by Gasteiger charge is 1.93. The second kappa shape index (κ2) is 5.23. The van der Waals surface area contributed by atoms with Crippen molar-refractivity contribution < 1.29 is 9.63 Å². The van der Waals surface area contributed by atoms with Gasteiger partial charge in [0.15, 0.2) is 0 Å². The van der Waals surface area contributed by atoms with Crippen LogP contribution in [0.5, 0.6) is 0 Å². The molecule has 0 radical (unpaired) electrons. The van der Waals surface area contributed by atoms with Crippen LogP contribution in [0.25, 0.3) is 0 Å². The molecule has 0 atom stereocenters. The Kier molecular flexibility index (Phi) is 3.87. The molecule has 13 heavy (non-hydrogen) atoms. The third-order valence-electron chi connectivity index (χ3n) is 1.34. The summed E-state index contributed by atoms with van der Waals surface area (Å²) in [6.45, 7) is 0.404. The molecule has 1 aromatic heterocycles. The standard InChI is InChI=1S/C8H11N3O2/c9-8(12)6-13-11-5-7-1-3-10-4-2-7/h1-4,11H,5-6H2,(H2,9,12). The van der Waals surface area contributed by atoms with Crippen molar-refractivity contribution in [1.82, 2.24) is 10.5 Å². The van der Waals surface area contributed by atoms with E-state index in [1.807, 2.05) is 12.1 Å². The number of nitrogens with zero attached hydrogens (tertiary/aromatic N) is 1. The van der Waals surface area contributed by atoms with Crippen molar-refractivity contribution in [3.8, 4) is 0 Å². The Morgan fingerprint density at radius 1 is 1.54 bits per heavy atom. The van der Waals surface area contributed by atoms with Crippen LogP contribution in [-0.2, 0) is 16.2 Å². The van der Waals surface area contributed by atoms with E-state index < -0.39 is 5.91 Å². The van der Waals surface area contributed by atoms with E-state index in [4.69, 9.17) is 10.6 Å². The van der Waals surface area contributed by atoms with Crippen molar-refractivity contribution in [3.63, 3.8) is 0 Å². The van der Waals surface area contributed by atoms with E-state index >= 15 is 0 Å². The zero-order valence-electron chi connectivity index (χ0n) is 7.06. The Morgan fingerprint density at radius 3 is 2.85 bits per heavy atom. The number of aromatic nitrogens is 1. The summed E-state index contributed by atoms with van der Waals surface area (Å²) in [6, 6.07) is 3.70. The minimum atomic E-state index is -0.498. The number of hydroxylamine groups is 1. The van der Waals surface area contributed by atoms with Gasteiger partial charge in [0.25, 0.3) is 0 Å². The van der Waals surface area contributed by atoms with Gasteiger partial charge >= 0.3 is 0 Å². The molecule has 0 saturated carbocycles. The smallest absolute Gasteiger partial charge is 0.245 e. The molecule has 5 nitrogen and oxygen atoms in total. The number of nitrogens with one attached hydrogen (secondary N) is 1. The highest BCUT2D eigenvalue weighted by atomic mass is 16.6. The first-order valence-electron chi connectivity index (χ1n) is 3.81. The molecular weight excluding hydrogens is 170 g/mol. The topological polar surface area (TPSA) is 77.2 Å². The van der Waals surface area contributed by atoms with Gasteiger partial charge in [0.2, 0.25) is 5.91 Å². The molecule has 0 fully saturated rings. The van der Waals surface area contributed by atoms with Crippen LogP contribution in [0.1, 0.15) is 5.56 Å². The number of rotatable bonds is 5. The molecule has 0 aromatic carbocycles. The minimum absolute atomic E-state index is 0.120. The molecule has 0 saturated heterocycles. The van der Waals surface area contributed by atoms with Gasteiger partial charge in [-0.3, -0.25) is 14.6 Å². The monoisotopic (exact) mass is 181 g/mol. The van der Waals surface area contributed by atoms with Gasteiger partial charge < -0.3 is 5.73 Å². The van der Waals surface area contributed by atoms with Gasteiger partial charge in [0.05, 0.1) is 0 Å². The van der Waals surface area contributed by atoms with Crippen LogP contribution in [0.2, 0.25) is 0 Å². The fraction of sp³-hybridized carbons (Fsp3) is 0.250. The van der Waals surface area contributed by atoms with Crippen LogP contribution in [0.3, 0.4) is 0 Å². The van der Waals surface area contributed by atoms with E-state index in [2.05, 4.69) is 10.5 Å². The number of hydrogen-bond donors (Lipinski definition) is 2. The average Bonchev–Trinajstić information content (AvgIpc) is 2.14. The Labute approximate surface area is 75.9 Å². The molecule has 0 spiro atoms. The van der Waals surface area contributed by atoms with Gasteiger partial charge in [-0.1, -0.05) is 0 Å². The Hall–Kier alpha value is -1.46. The number of pyridine rings is 1. The van der Waals surface area contributed by atoms with Gasteiger partial charge in [-0.25, -0.2) is 0 Å². The average molecular weight is 181 g/mol. The van der Waals surface area contributed by atoms with Crippen LogP contribution in [0.4, 0.5) is 0 Å². The fourth-order valence-electron chi connectivity index (χ4n) is 0.757. The number of carbonyl (C=O) groups excluding carboxylic acids is 1. The van der Waals surface area contributed by atoms with Gasteiger partial charge in [0, 0.05) is 18.9 Å². The van der Waals surface area contributed by atoms with E-state index in [1.54, 1.807) is 12.4 Å². The maximum absolute atomic E-state index is 10.3. The number of amides is 1. The quantitative estimate of drug-likeness (QED) is 0.478. The van der Waals surface area contributed by atoms with E-state index in [0.717, 1.165) is 5.56 Å². The Bertz CT molecular complexity index is 263. The van der Waals surface area contributed by atoms with Gasteiger partial charge in [-0.05, 0) is 17.7 Å². The van der Waals surface area contributed by atoms with Crippen molar-refractivity contribution in [2.24, 2.45) is 5.73 Å². The SMILES string of the molecule is NC(=O)CONCc1ccncc1. The summed E-state index contributed by atoms with van der Waals surface area (Å²) in [5.41, 5.74) is 8.49. The van der Waals surface area contributed by atoms with Crippen molar-refractivity contribution in [2.75, 3.05) is 6.61 Å². The first-order valence-corrected chi connectivity index (χ1v) is 3.81. The second-order valence-corrected chi connectivity index (χ2v) is 2.43. The molecule has 0 aliphatic rings. The Morgan fingerprint density at radius 2 is 2.23 bits per heavy atom. The molecule has 1 rings (SSSR count). The summed E-state index contributed by atoms with van der Waals surface area (Å²) in [5.74, 6) is -0.498. The summed E-state index contributed by atoms with van der Waals surface area (Å²) in [5, 5.41) is 0. The lowest BCUT2D eigenvalue weighted by Crippen LogP contribution is -2.24. The van der Waals surface area contributed by atoms with Crippen LogP contribution in [0, 0.1) is 0 Å². The summed E-state index contributed by atoms with van der Waals surface area (Å²) in [6.07, 6.45) is 3.37. The summed E-state index contributed by atoms with van der Waals surface area (Å²) >= 11 is 0. The highest BCUT2D eigenvalue weighted by Crippen LogP contribution is 1.94. The normalized spacial score (nSPS) is 9.85. The Balaban J connectivity index is 2.17. The lowest BCUT2D eigenvalue weighted by Gasteiger charge is -2.02. The lowest BCUT2D eigenvalue weighted by molar-refractivity contribution is -0.125. The van der Waals surface area contributed by atoms with Crippen molar-refractivity contribution in [1.29, 1.82) is 0 Å². The third kappa shape index (κ3) is 4.19. The summed E-state index contributed by atoms with van der Waals surface area (Å²) in [7, 11) is 0. The molecule has 3 N–H and O–H groups in total.